The zero-order valence-corrected chi connectivity index (χ0v) is 15.8. The number of nitro benzene ring substituents is 1. The number of nitrogens with one attached hydrogen (secondary N) is 1. The molecule has 0 unspecified atom stereocenters. The minimum absolute atomic E-state index is 0.00547. The third kappa shape index (κ3) is 4.14. The molecule has 0 aliphatic heterocycles. The van der Waals surface area contributed by atoms with Crippen LogP contribution in [0.3, 0.4) is 0 Å². The van der Waals surface area contributed by atoms with Crippen molar-refractivity contribution in [2.45, 2.75) is 31.1 Å². The van der Waals surface area contributed by atoms with Gasteiger partial charge in [0.05, 0.1) is 10.3 Å². The zero-order chi connectivity index (χ0) is 20.1. The molecule has 7 nitrogen and oxygen atoms in total. The van der Waals surface area contributed by atoms with Crippen molar-refractivity contribution < 1.29 is 19.2 Å². The van der Waals surface area contributed by atoms with E-state index in [4.69, 9.17) is 16.3 Å². The second-order valence-corrected chi connectivity index (χ2v) is 7.13. The number of amides is 1. The average Bonchev–Trinajstić information content (AvgIpc) is 3.19. The first-order valence-corrected chi connectivity index (χ1v) is 9.27. The second kappa shape index (κ2) is 8.39. The first kappa shape index (κ1) is 19.8. The molecule has 0 spiro atoms. The highest BCUT2D eigenvalue weighted by atomic mass is 35.5. The summed E-state index contributed by atoms with van der Waals surface area (Å²) in [5.41, 5.74) is -0.197. The van der Waals surface area contributed by atoms with Crippen molar-refractivity contribution in [1.29, 1.82) is 0 Å². The number of carbonyl (C=O) groups is 2. The summed E-state index contributed by atoms with van der Waals surface area (Å²) in [5.74, 6) is -1.10. The summed E-state index contributed by atoms with van der Waals surface area (Å²) in [6.45, 7) is -0.521. The monoisotopic (exact) mass is 402 g/mol. The van der Waals surface area contributed by atoms with Crippen LogP contribution in [0.1, 0.15) is 31.2 Å². The highest BCUT2D eigenvalue weighted by Crippen LogP contribution is 2.42. The van der Waals surface area contributed by atoms with Crippen LogP contribution in [-0.2, 0) is 19.7 Å². The lowest BCUT2D eigenvalue weighted by Gasteiger charge is -2.27. The van der Waals surface area contributed by atoms with Crippen molar-refractivity contribution in [3.8, 4) is 0 Å². The van der Waals surface area contributed by atoms with E-state index in [2.05, 4.69) is 5.32 Å². The van der Waals surface area contributed by atoms with Gasteiger partial charge in [-0.15, -0.1) is 0 Å². The molecule has 0 heterocycles. The van der Waals surface area contributed by atoms with Gasteiger partial charge in [-0.2, -0.15) is 0 Å². The summed E-state index contributed by atoms with van der Waals surface area (Å²) in [5, 5.41) is 13.7. The van der Waals surface area contributed by atoms with Crippen LogP contribution in [0.5, 0.6) is 0 Å². The van der Waals surface area contributed by atoms with E-state index in [1.807, 2.05) is 30.3 Å². The number of anilines is 1. The second-order valence-electron chi connectivity index (χ2n) is 6.70. The number of halogens is 1. The summed E-state index contributed by atoms with van der Waals surface area (Å²) >= 11 is 5.76. The molecule has 0 aromatic heterocycles. The van der Waals surface area contributed by atoms with E-state index in [9.17, 15) is 19.7 Å². The number of esters is 1. The molecule has 0 radical (unpaired) electrons. The molecule has 1 N–H and O–H groups in total. The topological polar surface area (TPSA) is 98.5 Å². The Labute approximate surface area is 166 Å². The van der Waals surface area contributed by atoms with Crippen LogP contribution in [0.2, 0.25) is 5.02 Å². The zero-order valence-electron chi connectivity index (χ0n) is 15.0. The molecule has 1 aliphatic rings. The number of nitrogens with zero attached hydrogens (tertiary/aromatic N) is 1. The molecule has 1 amide bonds. The fourth-order valence-corrected chi connectivity index (χ4v) is 3.73. The molecule has 2 aromatic carbocycles. The van der Waals surface area contributed by atoms with E-state index >= 15 is 0 Å². The number of rotatable bonds is 6. The molecule has 2 aromatic rings. The van der Waals surface area contributed by atoms with Gasteiger partial charge in [0, 0.05) is 11.1 Å². The minimum atomic E-state index is -0.742. The molecule has 0 atom stereocenters. The van der Waals surface area contributed by atoms with Gasteiger partial charge in [-0.3, -0.25) is 19.7 Å². The van der Waals surface area contributed by atoms with Crippen LogP contribution in [0, 0.1) is 10.1 Å². The van der Waals surface area contributed by atoms with Gasteiger partial charge in [-0.05, 0) is 30.5 Å². The van der Waals surface area contributed by atoms with Crippen LogP contribution in [0.25, 0.3) is 0 Å². The van der Waals surface area contributed by atoms with E-state index in [-0.39, 0.29) is 16.4 Å². The summed E-state index contributed by atoms with van der Waals surface area (Å²) < 4.78 is 5.29. The number of ether oxygens (including phenoxy) is 1. The molecule has 1 fully saturated rings. The standard InChI is InChI=1S/C20H19ClN2O5/c21-15-8-9-16(17(12-15)23(26)27)22-18(24)13-28-19(25)20(10-4-5-11-20)14-6-2-1-3-7-14/h1-3,6-9,12H,4-5,10-11,13H2,(H,22,24). The van der Waals surface area contributed by atoms with Gasteiger partial charge in [-0.1, -0.05) is 54.8 Å². The van der Waals surface area contributed by atoms with Crippen molar-refractivity contribution in [1.82, 2.24) is 0 Å². The van der Waals surface area contributed by atoms with Gasteiger partial charge in [-0.25, -0.2) is 0 Å². The van der Waals surface area contributed by atoms with Crippen molar-refractivity contribution >= 4 is 34.9 Å². The fourth-order valence-electron chi connectivity index (χ4n) is 3.56. The maximum absolute atomic E-state index is 12.8. The Balaban J connectivity index is 1.68. The van der Waals surface area contributed by atoms with Crippen LogP contribution >= 0.6 is 11.6 Å². The number of hydrogen-bond donors (Lipinski definition) is 1. The quantitative estimate of drug-likeness (QED) is 0.442. The Hall–Kier alpha value is -2.93. The van der Waals surface area contributed by atoms with E-state index in [0.29, 0.717) is 12.8 Å². The minimum Gasteiger partial charge on any atom is -0.455 e. The number of carbonyl (C=O) groups excluding carboxylic acids is 2. The normalized spacial score (nSPS) is 15.0. The van der Waals surface area contributed by atoms with E-state index in [1.165, 1.54) is 12.1 Å². The van der Waals surface area contributed by atoms with Gasteiger partial charge in [0.1, 0.15) is 5.69 Å². The highest BCUT2D eigenvalue weighted by Gasteiger charge is 2.44. The molecular formula is C20H19ClN2O5. The predicted octanol–water partition coefficient (Wildman–Crippen LogP) is 4.24. The Morgan fingerprint density at radius 1 is 1.14 bits per heavy atom. The third-order valence-corrected chi connectivity index (χ3v) is 5.17. The van der Waals surface area contributed by atoms with Gasteiger partial charge in [0.25, 0.3) is 11.6 Å². The smallest absolute Gasteiger partial charge is 0.317 e. The highest BCUT2D eigenvalue weighted by molar-refractivity contribution is 6.31. The molecular weight excluding hydrogens is 384 g/mol. The number of hydrogen-bond acceptors (Lipinski definition) is 5. The van der Waals surface area contributed by atoms with Gasteiger partial charge in [0.2, 0.25) is 0 Å². The third-order valence-electron chi connectivity index (χ3n) is 4.94. The average molecular weight is 403 g/mol. The molecule has 28 heavy (non-hydrogen) atoms. The Morgan fingerprint density at radius 3 is 2.46 bits per heavy atom. The molecule has 1 aliphatic carbocycles. The SMILES string of the molecule is O=C(COC(=O)C1(c2ccccc2)CCCC1)Nc1ccc(Cl)cc1[N+](=O)[O-]. The van der Waals surface area contributed by atoms with Crippen molar-refractivity contribution in [2.24, 2.45) is 0 Å². The molecule has 146 valence electrons. The van der Waals surface area contributed by atoms with E-state index in [0.717, 1.165) is 24.5 Å². The van der Waals surface area contributed by atoms with Gasteiger partial charge >= 0.3 is 5.97 Å². The lowest BCUT2D eigenvalue weighted by Crippen LogP contribution is -2.36. The molecule has 3 rings (SSSR count). The van der Waals surface area contributed by atoms with Crippen LogP contribution in [-0.4, -0.2) is 23.4 Å². The Bertz CT molecular complexity index is 895. The summed E-state index contributed by atoms with van der Waals surface area (Å²) in [7, 11) is 0. The lowest BCUT2D eigenvalue weighted by atomic mass is 9.79. The van der Waals surface area contributed by atoms with Crippen molar-refractivity contribution in [2.75, 3.05) is 11.9 Å². The predicted molar refractivity (Wildman–Crippen MR) is 104 cm³/mol. The molecule has 0 bridgehead atoms. The largest absolute Gasteiger partial charge is 0.455 e. The number of benzene rings is 2. The first-order valence-electron chi connectivity index (χ1n) is 8.89. The maximum Gasteiger partial charge on any atom is 0.317 e. The summed E-state index contributed by atoms with van der Waals surface area (Å²) in [6, 6.07) is 13.3. The van der Waals surface area contributed by atoms with Crippen molar-refractivity contribution in [3.05, 3.63) is 69.2 Å². The maximum atomic E-state index is 12.8. The van der Waals surface area contributed by atoms with Crippen molar-refractivity contribution in [3.63, 3.8) is 0 Å². The van der Waals surface area contributed by atoms with Gasteiger partial charge in [0.15, 0.2) is 6.61 Å². The Morgan fingerprint density at radius 2 is 1.82 bits per heavy atom. The lowest BCUT2D eigenvalue weighted by molar-refractivity contribution is -0.383. The Kier molecular flexibility index (Phi) is 5.94. The molecule has 8 heteroatoms. The van der Waals surface area contributed by atoms with E-state index in [1.54, 1.807) is 0 Å². The van der Waals surface area contributed by atoms with Crippen LogP contribution in [0.4, 0.5) is 11.4 Å². The molecule has 1 saturated carbocycles. The summed E-state index contributed by atoms with van der Waals surface area (Å²) in [6.07, 6.45) is 3.15. The number of nitro groups is 1. The summed E-state index contributed by atoms with van der Waals surface area (Å²) in [4.78, 5) is 35.5. The van der Waals surface area contributed by atoms with Gasteiger partial charge < -0.3 is 10.1 Å². The molecule has 0 saturated heterocycles. The van der Waals surface area contributed by atoms with Crippen LogP contribution < -0.4 is 5.32 Å². The fraction of sp³-hybridized carbons (Fsp3) is 0.300. The first-order chi connectivity index (χ1) is 13.4. The van der Waals surface area contributed by atoms with E-state index < -0.39 is 28.8 Å². The van der Waals surface area contributed by atoms with Crippen LogP contribution in [0.15, 0.2) is 48.5 Å².